The first kappa shape index (κ1) is 13.6. The van der Waals surface area contributed by atoms with Gasteiger partial charge in [0.15, 0.2) is 0 Å². The summed E-state index contributed by atoms with van der Waals surface area (Å²) in [6, 6.07) is 9.18. The van der Waals surface area contributed by atoms with Gasteiger partial charge in [-0.25, -0.2) is 4.98 Å². The van der Waals surface area contributed by atoms with Crippen LogP contribution in [-0.4, -0.2) is 10.9 Å². The molecule has 0 aliphatic heterocycles. The van der Waals surface area contributed by atoms with Gasteiger partial charge in [0, 0.05) is 12.2 Å². The number of nitrogens with two attached hydrogens (primary N) is 2. The highest BCUT2D eigenvalue weighted by atomic mass is 16.5. The van der Waals surface area contributed by atoms with Gasteiger partial charge in [-0.2, -0.15) is 0 Å². The van der Waals surface area contributed by atoms with Crippen molar-refractivity contribution in [2.45, 2.75) is 25.8 Å². The number of amides is 1. The number of fused-ring (bicyclic) bond motifs is 1. The Labute approximate surface area is 122 Å². The zero-order chi connectivity index (χ0) is 14.8. The average Bonchev–Trinajstić information content (AvgIpc) is 2.94. The zero-order valence-electron chi connectivity index (χ0n) is 11.6. The topological polar surface area (TPSA) is 91.2 Å². The minimum Gasteiger partial charge on any atom is -0.438 e. The summed E-state index contributed by atoms with van der Waals surface area (Å²) < 4.78 is 5.74. The minimum absolute atomic E-state index is 0.281. The molecule has 1 aromatic heterocycles. The quantitative estimate of drug-likeness (QED) is 0.896. The van der Waals surface area contributed by atoms with E-state index in [1.54, 1.807) is 6.07 Å². The van der Waals surface area contributed by atoms with Crippen LogP contribution in [0.2, 0.25) is 0 Å². The van der Waals surface area contributed by atoms with Gasteiger partial charge in [-0.3, -0.25) is 4.79 Å². The standard InChI is InChI=1S/C16H17N3O2/c17-9-10-4-6-12(7-5-10)21-16-13(15(18)20)8-11-2-1-3-14(11)19-16/h4-8H,1-3,9,17H2,(H2,18,20). The van der Waals surface area contributed by atoms with E-state index >= 15 is 0 Å². The predicted octanol–water partition coefficient (Wildman–Crippen LogP) is 1.92. The van der Waals surface area contributed by atoms with Gasteiger partial charge in [0.05, 0.1) is 0 Å². The second kappa shape index (κ2) is 5.54. The Morgan fingerprint density at radius 1 is 1.24 bits per heavy atom. The minimum atomic E-state index is -0.522. The van der Waals surface area contributed by atoms with Gasteiger partial charge in [-0.1, -0.05) is 12.1 Å². The van der Waals surface area contributed by atoms with Crippen molar-refractivity contribution < 1.29 is 9.53 Å². The number of hydrogen-bond donors (Lipinski definition) is 2. The number of primary amides is 1. The van der Waals surface area contributed by atoms with Gasteiger partial charge in [-0.15, -0.1) is 0 Å². The largest absolute Gasteiger partial charge is 0.438 e. The van der Waals surface area contributed by atoms with E-state index in [2.05, 4.69) is 4.98 Å². The lowest BCUT2D eigenvalue weighted by Gasteiger charge is -2.11. The Bertz CT molecular complexity index is 681. The molecular formula is C16H17N3O2. The first-order valence-corrected chi connectivity index (χ1v) is 6.97. The van der Waals surface area contributed by atoms with Crippen molar-refractivity contribution in [2.75, 3.05) is 0 Å². The number of carbonyl (C=O) groups excluding carboxylic acids is 1. The van der Waals surface area contributed by atoms with Gasteiger partial charge in [0.25, 0.3) is 5.91 Å². The predicted molar refractivity (Wildman–Crippen MR) is 79.2 cm³/mol. The third-order valence-electron chi connectivity index (χ3n) is 3.65. The summed E-state index contributed by atoms with van der Waals surface area (Å²) >= 11 is 0. The van der Waals surface area contributed by atoms with E-state index in [9.17, 15) is 4.79 Å². The van der Waals surface area contributed by atoms with E-state index in [1.807, 2.05) is 24.3 Å². The Balaban J connectivity index is 1.94. The molecule has 1 aliphatic carbocycles. The van der Waals surface area contributed by atoms with Crippen molar-refractivity contribution in [3.63, 3.8) is 0 Å². The molecule has 0 radical (unpaired) electrons. The molecule has 0 atom stereocenters. The van der Waals surface area contributed by atoms with Crippen molar-refractivity contribution >= 4 is 5.91 Å². The van der Waals surface area contributed by atoms with Crippen LogP contribution in [0.3, 0.4) is 0 Å². The fraction of sp³-hybridized carbons (Fsp3) is 0.250. The van der Waals surface area contributed by atoms with Crippen LogP contribution in [-0.2, 0) is 19.4 Å². The Morgan fingerprint density at radius 3 is 2.67 bits per heavy atom. The van der Waals surface area contributed by atoms with Crippen molar-refractivity contribution in [3.8, 4) is 11.6 Å². The summed E-state index contributed by atoms with van der Waals surface area (Å²) in [5, 5.41) is 0. The number of nitrogens with zero attached hydrogens (tertiary/aromatic N) is 1. The molecule has 0 unspecified atom stereocenters. The highest BCUT2D eigenvalue weighted by Gasteiger charge is 2.20. The molecule has 0 bridgehead atoms. The molecule has 0 saturated carbocycles. The lowest BCUT2D eigenvalue weighted by Crippen LogP contribution is -2.14. The van der Waals surface area contributed by atoms with Gasteiger partial charge in [0.1, 0.15) is 11.3 Å². The fourth-order valence-electron chi connectivity index (χ4n) is 2.51. The van der Waals surface area contributed by atoms with Crippen LogP contribution >= 0.6 is 0 Å². The smallest absolute Gasteiger partial charge is 0.254 e. The Hall–Kier alpha value is -2.40. The average molecular weight is 283 g/mol. The summed E-state index contributed by atoms with van der Waals surface area (Å²) in [7, 11) is 0. The maximum atomic E-state index is 11.6. The SMILES string of the molecule is NCc1ccc(Oc2nc3c(cc2C(N)=O)CCC3)cc1. The molecule has 0 spiro atoms. The van der Waals surface area contributed by atoms with Gasteiger partial charge < -0.3 is 16.2 Å². The lowest BCUT2D eigenvalue weighted by atomic mass is 10.1. The van der Waals surface area contributed by atoms with Crippen LogP contribution < -0.4 is 16.2 Å². The highest BCUT2D eigenvalue weighted by molar-refractivity contribution is 5.95. The molecular weight excluding hydrogens is 266 g/mol. The first-order valence-electron chi connectivity index (χ1n) is 6.97. The van der Waals surface area contributed by atoms with Crippen molar-refractivity contribution in [3.05, 3.63) is 52.7 Å². The molecule has 5 nitrogen and oxygen atoms in total. The van der Waals surface area contributed by atoms with E-state index in [4.69, 9.17) is 16.2 Å². The molecule has 2 aromatic rings. The molecule has 1 aromatic carbocycles. The summed E-state index contributed by atoms with van der Waals surface area (Å²) in [4.78, 5) is 16.1. The van der Waals surface area contributed by atoms with Crippen LogP contribution in [0.1, 0.15) is 33.6 Å². The second-order valence-corrected chi connectivity index (χ2v) is 5.11. The number of carbonyl (C=O) groups is 1. The first-order chi connectivity index (χ1) is 10.2. The van der Waals surface area contributed by atoms with E-state index in [1.165, 1.54) is 0 Å². The van der Waals surface area contributed by atoms with Crippen molar-refractivity contribution in [1.82, 2.24) is 4.98 Å². The van der Waals surface area contributed by atoms with Gasteiger partial charge >= 0.3 is 0 Å². The third-order valence-corrected chi connectivity index (χ3v) is 3.65. The van der Waals surface area contributed by atoms with Gasteiger partial charge in [-0.05, 0) is 48.6 Å². The van der Waals surface area contributed by atoms with E-state index < -0.39 is 5.91 Å². The van der Waals surface area contributed by atoms with Crippen LogP contribution in [0.25, 0.3) is 0 Å². The molecule has 5 heteroatoms. The lowest BCUT2D eigenvalue weighted by molar-refractivity contribution is 0.0997. The molecule has 108 valence electrons. The third kappa shape index (κ3) is 2.73. The number of aromatic nitrogens is 1. The summed E-state index contributed by atoms with van der Waals surface area (Å²) in [6.07, 6.45) is 2.90. The molecule has 0 fully saturated rings. The number of pyridine rings is 1. The monoisotopic (exact) mass is 283 g/mol. The normalized spacial score (nSPS) is 13.0. The van der Waals surface area contributed by atoms with Crippen LogP contribution in [0, 0.1) is 0 Å². The number of benzene rings is 1. The number of aryl methyl sites for hydroxylation is 2. The van der Waals surface area contributed by atoms with Crippen molar-refractivity contribution in [2.24, 2.45) is 11.5 Å². The zero-order valence-corrected chi connectivity index (χ0v) is 11.6. The number of ether oxygens (including phenoxy) is 1. The summed E-state index contributed by atoms with van der Waals surface area (Å²) in [5.74, 6) is 0.370. The van der Waals surface area contributed by atoms with Crippen molar-refractivity contribution in [1.29, 1.82) is 0 Å². The molecule has 1 aliphatic rings. The van der Waals surface area contributed by atoms with Gasteiger partial charge in [0.2, 0.25) is 5.88 Å². The Morgan fingerprint density at radius 2 is 2.00 bits per heavy atom. The molecule has 3 rings (SSSR count). The van der Waals surface area contributed by atoms with E-state index in [-0.39, 0.29) is 5.88 Å². The van der Waals surface area contributed by atoms with Crippen LogP contribution in [0.15, 0.2) is 30.3 Å². The maximum Gasteiger partial charge on any atom is 0.254 e. The molecule has 4 N–H and O–H groups in total. The van der Waals surface area contributed by atoms with E-state index in [0.717, 1.165) is 36.1 Å². The Kier molecular flexibility index (Phi) is 3.58. The molecule has 1 amide bonds. The summed E-state index contributed by atoms with van der Waals surface area (Å²) in [5.41, 5.74) is 14.4. The number of rotatable bonds is 4. The molecule has 0 saturated heterocycles. The molecule has 21 heavy (non-hydrogen) atoms. The van der Waals surface area contributed by atoms with Crippen LogP contribution in [0.5, 0.6) is 11.6 Å². The van der Waals surface area contributed by atoms with E-state index in [0.29, 0.717) is 17.9 Å². The highest BCUT2D eigenvalue weighted by Crippen LogP contribution is 2.29. The fourth-order valence-corrected chi connectivity index (χ4v) is 2.51. The maximum absolute atomic E-state index is 11.6. The number of hydrogen-bond acceptors (Lipinski definition) is 4. The summed E-state index contributed by atoms with van der Waals surface area (Å²) in [6.45, 7) is 0.476. The molecule has 1 heterocycles. The second-order valence-electron chi connectivity index (χ2n) is 5.11. The van der Waals surface area contributed by atoms with Crippen LogP contribution in [0.4, 0.5) is 0 Å².